The molecule has 6 atom stereocenters. The van der Waals surface area contributed by atoms with Gasteiger partial charge in [-0.05, 0) is 54.8 Å². The fourth-order valence-corrected chi connectivity index (χ4v) is 5.18. The lowest BCUT2D eigenvalue weighted by atomic mass is 9.71. The third kappa shape index (κ3) is 0.891. The molecule has 15 heavy (non-hydrogen) atoms. The summed E-state index contributed by atoms with van der Waals surface area (Å²) in [6, 6.07) is 0. The first kappa shape index (κ1) is 8.38. The SMILES string of the molecule is C=C/C=C1\CC2CC1C1C3C=CC(C3)C21. The molecule has 0 radical (unpaired) electrons. The second-order valence-corrected chi connectivity index (χ2v) is 5.89. The van der Waals surface area contributed by atoms with Crippen LogP contribution in [0.15, 0.2) is 36.5 Å². The van der Waals surface area contributed by atoms with Gasteiger partial charge >= 0.3 is 0 Å². The fraction of sp³-hybridized carbons (Fsp3) is 0.600. The molecule has 3 fully saturated rings. The summed E-state index contributed by atoms with van der Waals surface area (Å²) in [6.07, 6.45) is 13.7. The van der Waals surface area contributed by atoms with Crippen LogP contribution in [0.5, 0.6) is 0 Å². The van der Waals surface area contributed by atoms with Gasteiger partial charge in [0.2, 0.25) is 0 Å². The molecule has 0 nitrogen and oxygen atoms in total. The van der Waals surface area contributed by atoms with E-state index in [4.69, 9.17) is 0 Å². The lowest BCUT2D eigenvalue weighted by molar-refractivity contribution is 0.243. The maximum Gasteiger partial charge on any atom is -0.0160 e. The zero-order chi connectivity index (χ0) is 9.99. The summed E-state index contributed by atoms with van der Waals surface area (Å²) in [6.45, 7) is 3.85. The van der Waals surface area contributed by atoms with Crippen LogP contribution in [0.1, 0.15) is 19.3 Å². The highest BCUT2D eigenvalue weighted by Gasteiger charge is 2.59. The number of fused-ring (bicyclic) bond motifs is 9. The van der Waals surface area contributed by atoms with Crippen molar-refractivity contribution in [2.24, 2.45) is 35.5 Å². The lowest BCUT2D eigenvalue weighted by Gasteiger charge is -2.33. The molecular formula is C15H18. The predicted molar refractivity (Wildman–Crippen MR) is 62.2 cm³/mol. The molecule has 0 amide bonds. The van der Waals surface area contributed by atoms with Crippen LogP contribution in [0.4, 0.5) is 0 Å². The maximum absolute atomic E-state index is 3.85. The van der Waals surface area contributed by atoms with Crippen LogP contribution in [-0.4, -0.2) is 0 Å². The summed E-state index contributed by atoms with van der Waals surface area (Å²) in [7, 11) is 0. The Bertz CT molecular complexity index is 373. The molecule has 78 valence electrons. The molecule has 6 unspecified atom stereocenters. The molecule has 0 N–H and O–H groups in total. The second kappa shape index (κ2) is 2.66. The number of rotatable bonds is 1. The minimum atomic E-state index is 0.929. The summed E-state index contributed by atoms with van der Waals surface area (Å²) in [5.41, 5.74) is 1.72. The largest absolute Gasteiger partial charge is 0.0991 e. The zero-order valence-corrected chi connectivity index (χ0v) is 9.10. The van der Waals surface area contributed by atoms with Crippen LogP contribution in [0.3, 0.4) is 0 Å². The van der Waals surface area contributed by atoms with E-state index in [0.29, 0.717) is 0 Å². The van der Waals surface area contributed by atoms with E-state index >= 15 is 0 Å². The normalized spacial score (nSPS) is 56.7. The van der Waals surface area contributed by atoms with E-state index in [-0.39, 0.29) is 0 Å². The summed E-state index contributed by atoms with van der Waals surface area (Å²) in [5.74, 6) is 5.92. The molecule has 0 aromatic heterocycles. The van der Waals surface area contributed by atoms with E-state index in [0.717, 1.165) is 35.5 Å². The minimum absolute atomic E-state index is 0.929. The highest BCUT2D eigenvalue weighted by molar-refractivity contribution is 5.30. The van der Waals surface area contributed by atoms with Crippen molar-refractivity contribution in [3.8, 4) is 0 Å². The Morgan fingerprint density at radius 1 is 1.13 bits per heavy atom. The molecule has 0 aromatic carbocycles. The molecule has 0 saturated heterocycles. The van der Waals surface area contributed by atoms with Gasteiger partial charge in [0.15, 0.2) is 0 Å². The molecule has 4 bridgehead atoms. The molecule has 4 aliphatic rings. The summed E-state index contributed by atoms with van der Waals surface area (Å²) in [4.78, 5) is 0. The third-order valence-electron chi connectivity index (χ3n) is 5.45. The Morgan fingerprint density at radius 3 is 2.73 bits per heavy atom. The van der Waals surface area contributed by atoms with Crippen molar-refractivity contribution >= 4 is 0 Å². The quantitative estimate of drug-likeness (QED) is 0.446. The van der Waals surface area contributed by atoms with Gasteiger partial charge in [-0.1, -0.05) is 36.5 Å². The molecule has 4 aliphatic carbocycles. The Morgan fingerprint density at radius 2 is 1.93 bits per heavy atom. The molecule has 4 rings (SSSR count). The van der Waals surface area contributed by atoms with Crippen molar-refractivity contribution in [2.75, 3.05) is 0 Å². The van der Waals surface area contributed by atoms with Crippen molar-refractivity contribution < 1.29 is 0 Å². The Balaban J connectivity index is 1.74. The Labute approximate surface area is 91.8 Å². The second-order valence-electron chi connectivity index (χ2n) is 5.89. The van der Waals surface area contributed by atoms with Crippen LogP contribution < -0.4 is 0 Å². The minimum Gasteiger partial charge on any atom is -0.0991 e. The first-order valence-electron chi connectivity index (χ1n) is 6.38. The fourth-order valence-electron chi connectivity index (χ4n) is 5.18. The van der Waals surface area contributed by atoms with Gasteiger partial charge in [0.1, 0.15) is 0 Å². The standard InChI is InChI=1S/C15H18/c1-2-3-9-6-12-8-13(9)15-11-5-4-10(7-11)14(12)15/h2-5,10-15H,1,6-8H2/b9-3+. The Hall–Kier alpha value is -0.780. The summed E-state index contributed by atoms with van der Waals surface area (Å²) >= 11 is 0. The Kier molecular flexibility index (Phi) is 1.49. The van der Waals surface area contributed by atoms with Gasteiger partial charge in [-0.15, -0.1) is 0 Å². The predicted octanol–water partition coefficient (Wildman–Crippen LogP) is 3.58. The monoisotopic (exact) mass is 198 g/mol. The van der Waals surface area contributed by atoms with E-state index in [2.05, 4.69) is 24.8 Å². The van der Waals surface area contributed by atoms with Crippen LogP contribution in [0.2, 0.25) is 0 Å². The number of allylic oxidation sites excluding steroid dienone is 5. The third-order valence-corrected chi connectivity index (χ3v) is 5.45. The zero-order valence-electron chi connectivity index (χ0n) is 9.10. The highest BCUT2D eigenvalue weighted by atomic mass is 14.6. The molecule has 0 aromatic rings. The van der Waals surface area contributed by atoms with E-state index < -0.39 is 0 Å². The maximum atomic E-state index is 3.85. The molecule has 0 aliphatic heterocycles. The number of hydrogen-bond donors (Lipinski definition) is 0. The van der Waals surface area contributed by atoms with E-state index in [1.807, 2.05) is 6.08 Å². The van der Waals surface area contributed by atoms with E-state index in [1.54, 1.807) is 5.57 Å². The molecule has 0 heteroatoms. The average Bonchev–Trinajstić information content (AvgIpc) is 2.95. The van der Waals surface area contributed by atoms with Gasteiger partial charge in [-0.3, -0.25) is 0 Å². The van der Waals surface area contributed by atoms with Crippen LogP contribution in [0.25, 0.3) is 0 Å². The average molecular weight is 198 g/mol. The molecular weight excluding hydrogens is 180 g/mol. The van der Waals surface area contributed by atoms with Gasteiger partial charge in [-0.25, -0.2) is 0 Å². The first-order valence-corrected chi connectivity index (χ1v) is 6.38. The summed E-state index contributed by atoms with van der Waals surface area (Å²) < 4.78 is 0. The van der Waals surface area contributed by atoms with Gasteiger partial charge in [0.05, 0.1) is 0 Å². The van der Waals surface area contributed by atoms with Gasteiger partial charge in [0.25, 0.3) is 0 Å². The van der Waals surface area contributed by atoms with Crippen molar-refractivity contribution in [1.82, 2.24) is 0 Å². The van der Waals surface area contributed by atoms with Gasteiger partial charge in [-0.2, -0.15) is 0 Å². The van der Waals surface area contributed by atoms with Crippen LogP contribution in [-0.2, 0) is 0 Å². The van der Waals surface area contributed by atoms with Gasteiger partial charge < -0.3 is 0 Å². The number of hydrogen-bond acceptors (Lipinski definition) is 0. The topological polar surface area (TPSA) is 0 Å². The van der Waals surface area contributed by atoms with Gasteiger partial charge in [0, 0.05) is 0 Å². The first-order chi connectivity index (χ1) is 7.38. The smallest absolute Gasteiger partial charge is 0.0160 e. The van der Waals surface area contributed by atoms with Crippen molar-refractivity contribution in [3.05, 3.63) is 36.5 Å². The summed E-state index contributed by atoms with van der Waals surface area (Å²) in [5, 5.41) is 0. The molecule has 3 saturated carbocycles. The molecule has 0 spiro atoms. The lowest BCUT2D eigenvalue weighted by Crippen LogP contribution is -2.27. The van der Waals surface area contributed by atoms with Crippen molar-refractivity contribution in [1.29, 1.82) is 0 Å². The van der Waals surface area contributed by atoms with Crippen molar-refractivity contribution in [3.63, 3.8) is 0 Å². The van der Waals surface area contributed by atoms with Crippen LogP contribution in [0, 0.1) is 35.5 Å². The van der Waals surface area contributed by atoms with E-state index in [1.165, 1.54) is 19.3 Å². The van der Waals surface area contributed by atoms with E-state index in [9.17, 15) is 0 Å². The van der Waals surface area contributed by atoms with Crippen molar-refractivity contribution in [2.45, 2.75) is 19.3 Å². The highest BCUT2D eigenvalue weighted by Crippen LogP contribution is 2.66. The molecule has 0 heterocycles. The van der Waals surface area contributed by atoms with Crippen LogP contribution >= 0.6 is 0 Å².